The van der Waals surface area contributed by atoms with Crippen LogP contribution < -0.4 is 11.5 Å². The third kappa shape index (κ3) is 9.28. The maximum absolute atomic E-state index is 10.4. The summed E-state index contributed by atoms with van der Waals surface area (Å²) in [5, 5.41) is 17.5. The topological polar surface area (TPSA) is 164 Å². The Labute approximate surface area is 116 Å². The van der Waals surface area contributed by atoms with E-state index in [-0.39, 0.29) is 24.5 Å². The Morgan fingerprint density at radius 3 is 2.05 bits per heavy atom. The number of phenolic OH excluding ortho intramolecular Hbond substituents is 1. The molecule has 1 rings (SSSR count). The Balaban J connectivity index is 0.000000441. The molecule has 0 saturated heterocycles. The summed E-state index contributed by atoms with van der Waals surface area (Å²) >= 11 is 0. The van der Waals surface area contributed by atoms with Gasteiger partial charge in [-0.3, -0.25) is 9.35 Å². The van der Waals surface area contributed by atoms with Gasteiger partial charge in [0.25, 0.3) is 10.1 Å². The van der Waals surface area contributed by atoms with Crippen LogP contribution in [0.15, 0.2) is 24.3 Å². The quantitative estimate of drug-likeness (QED) is 0.440. The monoisotopic (exact) mass is 306 g/mol. The Bertz CT molecular complexity index is 514. The Kier molecular flexibility index (Phi) is 7.77. The van der Waals surface area contributed by atoms with E-state index in [1.54, 1.807) is 12.1 Å². The molecule has 1 aromatic carbocycles. The van der Waals surface area contributed by atoms with Gasteiger partial charge >= 0.3 is 5.97 Å². The molecule has 1 aromatic rings. The van der Waals surface area contributed by atoms with E-state index in [0.29, 0.717) is 0 Å². The Morgan fingerprint density at radius 2 is 1.75 bits per heavy atom. The number of carboxylic acids is 1. The number of nitrogens with two attached hydrogens (primary N) is 2. The van der Waals surface area contributed by atoms with Gasteiger partial charge in [-0.2, -0.15) is 8.42 Å². The van der Waals surface area contributed by atoms with Gasteiger partial charge < -0.3 is 21.7 Å². The average Bonchev–Trinajstić information content (AvgIpc) is 2.31. The van der Waals surface area contributed by atoms with Crippen molar-refractivity contribution >= 4 is 16.1 Å². The molecule has 0 aromatic heterocycles. The van der Waals surface area contributed by atoms with Gasteiger partial charge in [0.2, 0.25) is 0 Å². The van der Waals surface area contributed by atoms with Crippen molar-refractivity contribution in [2.75, 3.05) is 12.3 Å². The van der Waals surface area contributed by atoms with Gasteiger partial charge in [0, 0.05) is 6.54 Å². The first-order chi connectivity index (χ1) is 9.15. The summed E-state index contributed by atoms with van der Waals surface area (Å²) in [6, 6.07) is 5.42. The van der Waals surface area contributed by atoms with Gasteiger partial charge in [-0.25, -0.2) is 0 Å². The van der Waals surface area contributed by atoms with Crippen LogP contribution in [0.2, 0.25) is 0 Å². The average molecular weight is 306 g/mol. The van der Waals surface area contributed by atoms with Crippen LogP contribution in [-0.4, -0.2) is 47.5 Å². The first-order valence-corrected chi connectivity index (χ1v) is 7.18. The molecule has 7 N–H and O–H groups in total. The highest BCUT2D eigenvalue weighted by atomic mass is 32.2. The van der Waals surface area contributed by atoms with Crippen LogP contribution in [0.25, 0.3) is 0 Å². The van der Waals surface area contributed by atoms with E-state index in [9.17, 15) is 13.2 Å². The number of rotatable bonds is 5. The smallest absolute Gasteiger partial charge is 0.320 e. The second-order valence-electron chi connectivity index (χ2n) is 3.89. The summed E-state index contributed by atoms with van der Waals surface area (Å²) in [5.41, 5.74) is 10.9. The molecule has 0 spiro atoms. The fraction of sp³-hybridized carbons (Fsp3) is 0.364. The first kappa shape index (κ1) is 18.3. The molecule has 0 bridgehead atoms. The second-order valence-corrected chi connectivity index (χ2v) is 5.46. The van der Waals surface area contributed by atoms with Crippen LogP contribution >= 0.6 is 0 Å². The number of carbonyl (C=O) groups is 1. The molecule has 0 aliphatic heterocycles. The van der Waals surface area contributed by atoms with Gasteiger partial charge in [0.05, 0.1) is 5.75 Å². The van der Waals surface area contributed by atoms with Crippen LogP contribution in [0, 0.1) is 0 Å². The van der Waals surface area contributed by atoms with E-state index in [1.165, 1.54) is 12.1 Å². The largest absolute Gasteiger partial charge is 0.508 e. The molecule has 0 saturated carbocycles. The lowest BCUT2D eigenvalue weighted by Gasteiger charge is -2.05. The fourth-order valence-corrected chi connectivity index (χ4v) is 1.42. The van der Waals surface area contributed by atoms with E-state index in [2.05, 4.69) is 0 Å². The molecule has 1 unspecified atom stereocenters. The predicted molar refractivity (Wildman–Crippen MR) is 72.9 cm³/mol. The highest BCUT2D eigenvalue weighted by molar-refractivity contribution is 7.85. The standard InChI is InChI=1S/C9H11NO3.C2H7NO3S/c10-8(9(12)13)5-6-1-3-7(11)4-2-6;3-1-2-7(4,5)6/h1-4,8,11H,5,10H2,(H,12,13);1-3H2,(H,4,5,6). The minimum atomic E-state index is -3.80. The van der Waals surface area contributed by atoms with E-state index in [1.807, 2.05) is 0 Å². The lowest BCUT2D eigenvalue weighted by Crippen LogP contribution is -2.32. The molecule has 0 radical (unpaired) electrons. The maximum Gasteiger partial charge on any atom is 0.320 e. The van der Waals surface area contributed by atoms with Gasteiger partial charge in [-0.1, -0.05) is 12.1 Å². The van der Waals surface area contributed by atoms with Gasteiger partial charge in [-0.15, -0.1) is 0 Å². The number of aromatic hydroxyl groups is 1. The van der Waals surface area contributed by atoms with Crippen molar-refractivity contribution < 1.29 is 28.0 Å². The van der Waals surface area contributed by atoms with Crippen LogP contribution in [0.4, 0.5) is 0 Å². The molecule has 20 heavy (non-hydrogen) atoms. The van der Waals surface area contributed by atoms with E-state index >= 15 is 0 Å². The first-order valence-electron chi connectivity index (χ1n) is 5.57. The summed E-state index contributed by atoms with van der Waals surface area (Å²) < 4.78 is 27.3. The SMILES string of the molecule is NC(Cc1ccc(O)cc1)C(=O)O.NCCS(=O)(=O)O. The number of hydrogen-bond acceptors (Lipinski definition) is 6. The van der Waals surface area contributed by atoms with Gasteiger partial charge in [0.15, 0.2) is 0 Å². The zero-order valence-corrected chi connectivity index (χ0v) is 11.5. The number of aliphatic carboxylic acids is 1. The minimum absolute atomic E-state index is 0.0289. The molecule has 0 aliphatic rings. The van der Waals surface area contributed by atoms with Crippen LogP contribution in [-0.2, 0) is 21.3 Å². The summed E-state index contributed by atoms with van der Waals surface area (Å²) in [5.74, 6) is -1.21. The van der Waals surface area contributed by atoms with E-state index in [4.69, 9.17) is 26.2 Å². The van der Waals surface area contributed by atoms with Gasteiger partial charge in [0.1, 0.15) is 11.8 Å². The van der Waals surface area contributed by atoms with E-state index < -0.39 is 22.1 Å². The molecule has 1 atom stereocenters. The second kappa shape index (κ2) is 8.48. The summed E-state index contributed by atoms with van der Waals surface area (Å²) in [6.45, 7) is -0.0289. The number of hydrogen-bond donors (Lipinski definition) is 5. The van der Waals surface area contributed by atoms with Crippen molar-refractivity contribution in [3.63, 3.8) is 0 Å². The zero-order chi connectivity index (χ0) is 15.8. The molecule has 114 valence electrons. The number of phenols is 1. The summed E-state index contributed by atoms with van der Waals surface area (Å²) in [4.78, 5) is 10.4. The van der Waals surface area contributed by atoms with Crippen LogP contribution in [0.3, 0.4) is 0 Å². The third-order valence-corrected chi connectivity index (χ3v) is 2.84. The maximum atomic E-state index is 10.4. The zero-order valence-electron chi connectivity index (χ0n) is 10.6. The van der Waals surface area contributed by atoms with Crippen molar-refractivity contribution in [3.05, 3.63) is 29.8 Å². The Morgan fingerprint density at radius 1 is 1.25 bits per heavy atom. The van der Waals surface area contributed by atoms with Gasteiger partial charge in [-0.05, 0) is 24.1 Å². The molecular weight excluding hydrogens is 288 g/mol. The van der Waals surface area contributed by atoms with Crippen molar-refractivity contribution in [2.45, 2.75) is 12.5 Å². The fourth-order valence-electron chi connectivity index (χ4n) is 1.12. The number of benzene rings is 1. The molecular formula is C11H18N2O6S. The molecule has 0 heterocycles. The number of carboxylic acid groups (broad SMARTS) is 1. The molecule has 0 amide bonds. The third-order valence-electron chi connectivity index (χ3n) is 2.08. The van der Waals surface area contributed by atoms with Crippen LogP contribution in [0.5, 0.6) is 5.75 Å². The minimum Gasteiger partial charge on any atom is -0.508 e. The Hall–Kier alpha value is -1.68. The normalized spacial score (nSPS) is 12.2. The summed E-state index contributed by atoms with van der Waals surface area (Å²) in [6.07, 6.45) is 0.273. The molecule has 0 aliphatic carbocycles. The highest BCUT2D eigenvalue weighted by Crippen LogP contribution is 2.10. The van der Waals surface area contributed by atoms with Crippen molar-refractivity contribution in [1.29, 1.82) is 0 Å². The molecule has 8 nitrogen and oxygen atoms in total. The van der Waals surface area contributed by atoms with Crippen molar-refractivity contribution in [2.24, 2.45) is 11.5 Å². The summed E-state index contributed by atoms with van der Waals surface area (Å²) in [7, 11) is -3.80. The molecule has 9 heteroatoms. The lowest BCUT2D eigenvalue weighted by atomic mass is 10.1. The van der Waals surface area contributed by atoms with Crippen LogP contribution in [0.1, 0.15) is 5.56 Å². The molecule has 0 fully saturated rings. The lowest BCUT2D eigenvalue weighted by molar-refractivity contribution is -0.138. The highest BCUT2D eigenvalue weighted by Gasteiger charge is 2.11. The van der Waals surface area contributed by atoms with Crippen molar-refractivity contribution in [1.82, 2.24) is 0 Å². The van der Waals surface area contributed by atoms with Crippen molar-refractivity contribution in [3.8, 4) is 5.75 Å². The van der Waals surface area contributed by atoms with E-state index in [0.717, 1.165) is 5.56 Å². The predicted octanol–water partition coefficient (Wildman–Crippen LogP) is -0.820.